The highest BCUT2D eigenvalue weighted by molar-refractivity contribution is 8.00. The van der Waals surface area contributed by atoms with Gasteiger partial charge in [0.1, 0.15) is 16.9 Å². The standard InChI is InChI=1S/C26H28F4N6S/c1-17(31-2)18-7-4-8-19(15-18)32-12-5-9-23-25(37-26(28,29)30)36-13-6-10-22(24(36)34-23)33-21-11-14-35(3)16-20(21)27/h4,6-8,10,13,15,20-21,31-33H,1,11-12,14,16H2,2-3H3. The van der Waals surface area contributed by atoms with Crippen LogP contribution in [0.2, 0.25) is 0 Å². The monoisotopic (exact) mass is 532 g/mol. The number of fused-ring (bicyclic) bond motifs is 1. The third-order valence-corrected chi connectivity index (χ3v) is 6.82. The molecule has 1 fully saturated rings. The van der Waals surface area contributed by atoms with Crippen molar-refractivity contribution in [1.82, 2.24) is 19.6 Å². The van der Waals surface area contributed by atoms with Crippen molar-refractivity contribution in [2.45, 2.75) is 29.2 Å². The van der Waals surface area contributed by atoms with E-state index in [1.807, 2.05) is 36.2 Å². The summed E-state index contributed by atoms with van der Waals surface area (Å²) in [6, 6.07) is 10.4. The second-order valence-corrected chi connectivity index (χ2v) is 9.77. The lowest BCUT2D eigenvalue weighted by molar-refractivity contribution is -0.0329. The lowest BCUT2D eigenvalue weighted by Crippen LogP contribution is -2.46. The summed E-state index contributed by atoms with van der Waals surface area (Å²) in [6.07, 6.45) is 0.976. The van der Waals surface area contributed by atoms with E-state index in [-0.39, 0.29) is 34.7 Å². The van der Waals surface area contributed by atoms with E-state index in [2.05, 4.69) is 39.4 Å². The molecule has 0 radical (unpaired) electrons. The summed E-state index contributed by atoms with van der Waals surface area (Å²) >= 11 is -0.266. The average Bonchev–Trinajstić information content (AvgIpc) is 3.20. The molecule has 3 N–H and O–H groups in total. The van der Waals surface area contributed by atoms with Gasteiger partial charge in [-0.3, -0.25) is 4.40 Å². The molecule has 11 heteroatoms. The van der Waals surface area contributed by atoms with E-state index in [0.717, 1.165) is 23.5 Å². The highest BCUT2D eigenvalue weighted by Gasteiger charge is 2.33. The molecule has 1 aromatic carbocycles. The minimum absolute atomic E-state index is 0.0101. The van der Waals surface area contributed by atoms with Crippen molar-refractivity contribution in [1.29, 1.82) is 0 Å². The summed E-state index contributed by atoms with van der Waals surface area (Å²) in [7, 11) is 3.64. The summed E-state index contributed by atoms with van der Waals surface area (Å²) in [4.78, 5) is 6.33. The highest BCUT2D eigenvalue weighted by Crippen LogP contribution is 2.39. The van der Waals surface area contributed by atoms with Crippen LogP contribution in [-0.4, -0.2) is 65.7 Å². The number of benzene rings is 1. The number of nitrogens with one attached hydrogen (secondary N) is 3. The van der Waals surface area contributed by atoms with E-state index in [0.29, 0.717) is 18.7 Å². The van der Waals surface area contributed by atoms with Gasteiger partial charge in [-0.2, -0.15) is 13.2 Å². The van der Waals surface area contributed by atoms with Gasteiger partial charge in [0.25, 0.3) is 0 Å². The fraction of sp³-hybridized carbons (Fsp3) is 0.346. The van der Waals surface area contributed by atoms with Crippen molar-refractivity contribution in [2.75, 3.05) is 44.4 Å². The first-order valence-corrected chi connectivity index (χ1v) is 12.5. The van der Waals surface area contributed by atoms with Crippen LogP contribution in [0.25, 0.3) is 11.3 Å². The van der Waals surface area contributed by atoms with Crippen LogP contribution in [0.4, 0.5) is 28.9 Å². The van der Waals surface area contributed by atoms with Gasteiger partial charge in [0.15, 0.2) is 5.65 Å². The molecule has 37 heavy (non-hydrogen) atoms. The van der Waals surface area contributed by atoms with Crippen molar-refractivity contribution in [3.05, 3.63) is 60.4 Å². The number of alkyl halides is 4. The number of nitrogens with zero attached hydrogens (tertiary/aromatic N) is 3. The molecule has 1 aliphatic rings. The number of piperidine rings is 1. The normalized spacial score (nSPS) is 18.2. The fourth-order valence-corrected chi connectivity index (χ4v) is 4.76. The molecule has 0 amide bonds. The van der Waals surface area contributed by atoms with Gasteiger partial charge in [-0.05, 0) is 49.2 Å². The maximum absolute atomic E-state index is 14.6. The fourth-order valence-electron chi connectivity index (χ4n) is 4.10. The Morgan fingerprint density at radius 3 is 2.81 bits per heavy atom. The number of halogens is 4. The zero-order valence-electron chi connectivity index (χ0n) is 20.5. The Morgan fingerprint density at radius 1 is 1.27 bits per heavy atom. The zero-order chi connectivity index (χ0) is 26.6. The van der Waals surface area contributed by atoms with E-state index in [9.17, 15) is 17.6 Å². The molecule has 3 heterocycles. The first-order chi connectivity index (χ1) is 17.6. The quantitative estimate of drug-likeness (QED) is 0.225. The minimum atomic E-state index is -4.53. The average molecular weight is 533 g/mol. The molecular weight excluding hydrogens is 504 g/mol. The van der Waals surface area contributed by atoms with Gasteiger partial charge in [0.05, 0.1) is 18.3 Å². The molecular formula is C26H28F4N6S. The van der Waals surface area contributed by atoms with E-state index in [1.165, 1.54) is 10.6 Å². The molecule has 0 saturated carbocycles. The number of imidazole rings is 1. The van der Waals surface area contributed by atoms with Crippen molar-refractivity contribution in [2.24, 2.45) is 0 Å². The number of rotatable bonds is 7. The van der Waals surface area contributed by atoms with Gasteiger partial charge in [-0.25, -0.2) is 9.37 Å². The van der Waals surface area contributed by atoms with Crippen LogP contribution >= 0.6 is 11.8 Å². The predicted molar refractivity (Wildman–Crippen MR) is 141 cm³/mol. The van der Waals surface area contributed by atoms with Crippen LogP contribution in [0.3, 0.4) is 0 Å². The summed E-state index contributed by atoms with van der Waals surface area (Å²) in [6.45, 7) is 5.14. The summed E-state index contributed by atoms with van der Waals surface area (Å²) in [5, 5.41) is 9.16. The number of aromatic nitrogens is 2. The molecule has 4 rings (SSSR count). The van der Waals surface area contributed by atoms with E-state index in [4.69, 9.17) is 0 Å². The molecule has 2 atom stereocenters. The first kappa shape index (κ1) is 26.7. The Labute approximate surface area is 217 Å². The number of pyridine rings is 1. The highest BCUT2D eigenvalue weighted by atomic mass is 32.2. The van der Waals surface area contributed by atoms with Crippen LogP contribution < -0.4 is 16.0 Å². The maximum Gasteiger partial charge on any atom is 0.447 e. The summed E-state index contributed by atoms with van der Waals surface area (Å²) in [5.41, 5.74) is -1.30. The SMILES string of the molecule is C=C(NC)c1cccc(NCC#Cc2nc3c(NC4CCN(C)CC4F)cccn3c2SC(F)(F)F)c1. The van der Waals surface area contributed by atoms with Crippen LogP contribution in [0.1, 0.15) is 17.7 Å². The van der Waals surface area contributed by atoms with Gasteiger partial charge >= 0.3 is 5.51 Å². The summed E-state index contributed by atoms with van der Waals surface area (Å²) in [5.74, 6) is 5.66. The molecule has 0 bridgehead atoms. The van der Waals surface area contributed by atoms with Crippen LogP contribution in [0.5, 0.6) is 0 Å². The predicted octanol–water partition coefficient (Wildman–Crippen LogP) is 5.05. The van der Waals surface area contributed by atoms with E-state index in [1.54, 1.807) is 19.2 Å². The van der Waals surface area contributed by atoms with Crippen molar-refractivity contribution in [3.8, 4) is 11.8 Å². The van der Waals surface area contributed by atoms with E-state index >= 15 is 0 Å². The molecule has 1 saturated heterocycles. The summed E-state index contributed by atoms with van der Waals surface area (Å²) < 4.78 is 56.2. The number of thioether (sulfide) groups is 1. The Bertz CT molecular complexity index is 1330. The second-order valence-electron chi connectivity index (χ2n) is 8.71. The molecule has 2 aromatic heterocycles. The number of hydrogen-bond acceptors (Lipinski definition) is 6. The van der Waals surface area contributed by atoms with Crippen LogP contribution in [-0.2, 0) is 0 Å². The van der Waals surface area contributed by atoms with Crippen molar-refractivity contribution in [3.63, 3.8) is 0 Å². The molecule has 0 aliphatic carbocycles. The Kier molecular flexibility index (Phi) is 8.19. The van der Waals surface area contributed by atoms with Gasteiger partial charge < -0.3 is 20.9 Å². The molecule has 6 nitrogen and oxygen atoms in total. The van der Waals surface area contributed by atoms with Crippen molar-refractivity contribution < 1.29 is 17.6 Å². The van der Waals surface area contributed by atoms with Crippen LogP contribution in [0.15, 0.2) is 54.2 Å². The lowest BCUT2D eigenvalue weighted by Gasteiger charge is -2.33. The molecule has 3 aromatic rings. The van der Waals surface area contributed by atoms with Gasteiger partial charge in [0.2, 0.25) is 0 Å². The maximum atomic E-state index is 14.6. The molecule has 196 valence electrons. The number of anilines is 2. The Balaban J connectivity index is 1.59. The third kappa shape index (κ3) is 6.70. The number of likely N-dealkylation sites (tertiary alicyclic amines) is 1. The smallest absolute Gasteiger partial charge is 0.388 e. The van der Waals surface area contributed by atoms with Gasteiger partial charge in [0, 0.05) is 49.5 Å². The Morgan fingerprint density at radius 2 is 2.08 bits per heavy atom. The van der Waals surface area contributed by atoms with Gasteiger partial charge in [-0.1, -0.05) is 24.6 Å². The van der Waals surface area contributed by atoms with Gasteiger partial charge in [-0.15, -0.1) is 0 Å². The molecule has 0 spiro atoms. The van der Waals surface area contributed by atoms with Crippen molar-refractivity contribution >= 4 is 34.5 Å². The third-order valence-electron chi connectivity index (χ3n) is 6.00. The van der Waals surface area contributed by atoms with E-state index < -0.39 is 17.7 Å². The Hall–Kier alpha value is -3.36. The second kappa shape index (κ2) is 11.4. The molecule has 2 unspecified atom stereocenters. The minimum Gasteiger partial charge on any atom is -0.388 e. The lowest BCUT2D eigenvalue weighted by atomic mass is 10.0. The topological polar surface area (TPSA) is 56.6 Å². The first-order valence-electron chi connectivity index (χ1n) is 11.7. The largest absolute Gasteiger partial charge is 0.447 e. The molecule has 1 aliphatic heterocycles. The van der Waals surface area contributed by atoms with Crippen LogP contribution in [0, 0.1) is 11.8 Å². The zero-order valence-corrected chi connectivity index (χ0v) is 21.3. The number of hydrogen-bond donors (Lipinski definition) is 3.